The molecule has 2 aliphatic carbocycles. The van der Waals surface area contributed by atoms with Crippen molar-refractivity contribution in [2.45, 2.75) is 49.1 Å². The molecule has 0 radical (unpaired) electrons. The number of benzene rings is 1. The molecule has 10 heteroatoms. The van der Waals surface area contributed by atoms with Crippen LogP contribution < -0.4 is 0 Å². The maximum atomic E-state index is 13.0. The summed E-state index contributed by atoms with van der Waals surface area (Å²) in [6.07, 6.45) is 7.80. The van der Waals surface area contributed by atoms with E-state index < -0.39 is 9.84 Å². The SMILES string of the molecule is CS(=O)(=O)c1cccc(CN2CC3(C2)CN(C(=O)N2CC4(CC(n5cnc(C6CC6)n5)C4)C2)C3)c1. The van der Waals surface area contributed by atoms with Crippen molar-refractivity contribution in [2.24, 2.45) is 10.8 Å². The Morgan fingerprint density at radius 1 is 1.03 bits per heavy atom. The normalized spacial score (nSPS) is 25.2. The lowest BCUT2D eigenvalue weighted by Crippen LogP contribution is -2.75. The number of likely N-dealkylation sites (tertiary alicyclic amines) is 3. The van der Waals surface area contributed by atoms with Gasteiger partial charge in [0, 0.05) is 68.8 Å². The van der Waals surface area contributed by atoms with Gasteiger partial charge in [0.25, 0.3) is 0 Å². The Labute approximate surface area is 206 Å². The van der Waals surface area contributed by atoms with Crippen LogP contribution in [0.3, 0.4) is 0 Å². The van der Waals surface area contributed by atoms with E-state index >= 15 is 0 Å². The van der Waals surface area contributed by atoms with Crippen molar-refractivity contribution in [1.82, 2.24) is 29.5 Å². The van der Waals surface area contributed by atoms with Crippen molar-refractivity contribution < 1.29 is 13.2 Å². The van der Waals surface area contributed by atoms with Gasteiger partial charge in [-0.1, -0.05) is 12.1 Å². The summed E-state index contributed by atoms with van der Waals surface area (Å²) in [6.45, 7) is 6.10. The molecule has 5 aliphatic rings. The van der Waals surface area contributed by atoms with Crippen molar-refractivity contribution in [2.75, 3.05) is 45.5 Å². The van der Waals surface area contributed by atoms with Gasteiger partial charge in [-0.05, 0) is 43.4 Å². The van der Waals surface area contributed by atoms with Gasteiger partial charge in [-0.15, -0.1) is 0 Å². The number of urea groups is 1. The number of carbonyl (C=O) groups excluding carboxylic acids is 1. The molecule has 2 aromatic rings. The summed E-state index contributed by atoms with van der Waals surface area (Å²) in [7, 11) is -3.19. The fourth-order valence-electron chi connectivity index (χ4n) is 6.72. The summed E-state index contributed by atoms with van der Waals surface area (Å²) in [6, 6.07) is 7.85. The van der Waals surface area contributed by atoms with Gasteiger partial charge in [-0.3, -0.25) is 4.90 Å². The number of aromatic nitrogens is 3. The van der Waals surface area contributed by atoms with Crippen molar-refractivity contribution >= 4 is 15.9 Å². The first-order valence-electron chi connectivity index (χ1n) is 12.7. The predicted molar refractivity (Wildman–Crippen MR) is 129 cm³/mol. The van der Waals surface area contributed by atoms with Gasteiger partial charge in [0.1, 0.15) is 6.33 Å². The lowest BCUT2D eigenvalue weighted by atomic mass is 9.60. The Bertz CT molecular complexity index is 1270. The molecule has 0 unspecified atom stereocenters. The van der Waals surface area contributed by atoms with Crippen LogP contribution in [-0.2, 0) is 16.4 Å². The first-order valence-corrected chi connectivity index (χ1v) is 14.5. The maximum Gasteiger partial charge on any atom is 0.320 e. The van der Waals surface area contributed by atoms with Gasteiger partial charge in [0.2, 0.25) is 0 Å². The van der Waals surface area contributed by atoms with Crippen LogP contribution in [0.15, 0.2) is 35.5 Å². The van der Waals surface area contributed by atoms with Crippen LogP contribution in [0.2, 0.25) is 0 Å². The second kappa shape index (κ2) is 7.29. The molecule has 2 saturated carbocycles. The number of carbonyl (C=O) groups is 1. The van der Waals surface area contributed by atoms with Gasteiger partial charge in [-0.25, -0.2) is 22.9 Å². The van der Waals surface area contributed by atoms with Crippen LogP contribution in [-0.4, -0.2) is 89.4 Å². The first-order chi connectivity index (χ1) is 16.7. The van der Waals surface area contributed by atoms with Crippen LogP contribution in [0.25, 0.3) is 0 Å². The molecular formula is C25H32N6O3S. The molecule has 0 atom stereocenters. The fraction of sp³-hybridized carbons (Fsp3) is 0.640. The molecule has 1 aromatic heterocycles. The van der Waals surface area contributed by atoms with Crippen molar-refractivity contribution in [3.05, 3.63) is 42.0 Å². The Morgan fingerprint density at radius 2 is 1.71 bits per heavy atom. The highest BCUT2D eigenvalue weighted by Crippen LogP contribution is 2.54. The number of hydrogen-bond donors (Lipinski definition) is 0. The van der Waals surface area contributed by atoms with Crippen LogP contribution in [0.1, 0.15) is 49.0 Å². The zero-order valence-electron chi connectivity index (χ0n) is 20.1. The largest absolute Gasteiger partial charge is 0.323 e. The molecule has 9 nitrogen and oxygen atoms in total. The van der Waals surface area contributed by atoms with E-state index in [1.165, 1.54) is 19.1 Å². The summed E-state index contributed by atoms with van der Waals surface area (Å²) in [5.74, 6) is 1.61. The highest BCUT2D eigenvalue weighted by atomic mass is 32.2. The predicted octanol–water partition coefficient (Wildman–Crippen LogP) is 2.13. The van der Waals surface area contributed by atoms with Crippen LogP contribution in [0, 0.1) is 10.8 Å². The van der Waals surface area contributed by atoms with Crippen molar-refractivity contribution in [1.29, 1.82) is 0 Å². The minimum Gasteiger partial charge on any atom is -0.323 e. The standard InChI is InChI=1S/C25H32N6O3S/c1-35(33,34)21-4-2-3-18(7-21)10-28-11-25(12-28)15-30(16-25)23(32)29-13-24(14-29)8-20(9-24)31-17-26-22(27-31)19-5-6-19/h2-4,7,17,19-20H,5-6,8-16H2,1H3. The fourth-order valence-corrected chi connectivity index (χ4v) is 7.41. The van der Waals surface area contributed by atoms with E-state index in [0.717, 1.165) is 70.0 Å². The number of rotatable bonds is 5. The van der Waals surface area contributed by atoms with Gasteiger partial charge >= 0.3 is 6.03 Å². The highest BCUT2D eigenvalue weighted by Gasteiger charge is 2.58. The summed E-state index contributed by atoms with van der Waals surface area (Å²) in [4.78, 5) is 24.2. The van der Waals surface area contributed by atoms with Crippen LogP contribution >= 0.6 is 0 Å². The maximum absolute atomic E-state index is 13.0. The molecule has 3 saturated heterocycles. The molecule has 35 heavy (non-hydrogen) atoms. The Balaban J connectivity index is 0.855. The molecular weight excluding hydrogens is 464 g/mol. The smallest absolute Gasteiger partial charge is 0.320 e. The van der Waals surface area contributed by atoms with E-state index in [1.807, 2.05) is 28.3 Å². The van der Waals surface area contributed by atoms with Crippen LogP contribution in [0.4, 0.5) is 4.79 Å². The lowest BCUT2D eigenvalue weighted by Gasteiger charge is -2.63. The third-order valence-corrected chi connectivity index (χ3v) is 9.79. The van der Waals surface area contributed by atoms with Crippen LogP contribution in [0.5, 0.6) is 0 Å². The van der Waals surface area contributed by atoms with Gasteiger partial charge in [0.05, 0.1) is 10.9 Å². The zero-order chi connectivity index (χ0) is 24.0. The summed E-state index contributed by atoms with van der Waals surface area (Å²) < 4.78 is 25.7. The molecule has 3 aliphatic heterocycles. The highest BCUT2D eigenvalue weighted by molar-refractivity contribution is 7.90. The molecule has 2 spiro atoms. The van der Waals surface area contributed by atoms with Gasteiger partial charge in [0.15, 0.2) is 15.7 Å². The molecule has 0 bridgehead atoms. The molecule has 186 valence electrons. The van der Waals surface area contributed by atoms with E-state index in [-0.39, 0.29) is 11.4 Å². The molecule has 1 aromatic carbocycles. The van der Waals surface area contributed by atoms with Gasteiger partial charge < -0.3 is 9.80 Å². The first kappa shape index (κ1) is 21.8. The number of amides is 2. The number of hydrogen-bond acceptors (Lipinski definition) is 6. The Kier molecular flexibility index (Phi) is 4.54. The van der Waals surface area contributed by atoms with Crippen molar-refractivity contribution in [3.8, 4) is 0 Å². The second-order valence-corrected chi connectivity index (χ2v) is 14.0. The minimum absolute atomic E-state index is 0.195. The lowest BCUT2D eigenvalue weighted by molar-refractivity contribution is -0.120. The molecule has 7 rings (SSSR count). The average molecular weight is 497 g/mol. The van der Waals surface area contributed by atoms with E-state index in [1.54, 1.807) is 12.1 Å². The van der Waals surface area contributed by atoms with Gasteiger partial charge in [-0.2, -0.15) is 5.10 Å². The minimum atomic E-state index is -3.19. The average Bonchev–Trinajstić information content (AvgIpc) is 3.44. The molecule has 4 heterocycles. The van der Waals surface area contributed by atoms with E-state index in [2.05, 4.69) is 19.7 Å². The monoisotopic (exact) mass is 496 g/mol. The molecule has 5 fully saturated rings. The number of sulfone groups is 1. The Hall–Kier alpha value is -2.46. The quantitative estimate of drug-likeness (QED) is 0.630. The summed E-state index contributed by atoms with van der Waals surface area (Å²) in [5, 5.41) is 4.69. The topological polar surface area (TPSA) is 91.6 Å². The van der Waals surface area contributed by atoms with Crippen molar-refractivity contribution in [3.63, 3.8) is 0 Å². The van der Waals surface area contributed by atoms with E-state index in [9.17, 15) is 13.2 Å². The Morgan fingerprint density at radius 3 is 2.37 bits per heavy atom. The third kappa shape index (κ3) is 3.76. The molecule has 2 amide bonds. The second-order valence-electron chi connectivity index (χ2n) is 12.0. The summed E-state index contributed by atoms with van der Waals surface area (Å²) in [5.41, 5.74) is 1.54. The van der Waals surface area contributed by atoms with E-state index in [4.69, 9.17) is 0 Å². The molecule has 0 N–H and O–H groups in total. The van der Waals surface area contributed by atoms with E-state index in [0.29, 0.717) is 22.3 Å². The number of nitrogens with zero attached hydrogens (tertiary/aromatic N) is 6. The summed E-state index contributed by atoms with van der Waals surface area (Å²) >= 11 is 0. The zero-order valence-corrected chi connectivity index (χ0v) is 21.0. The third-order valence-electron chi connectivity index (χ3n) is 8.68.